The molecule has 35 heavy (non-hydrogen) atoms. The van der Waals surface area contributed by atoms with Crippen LogP contribution in [0.25, 0.3) is 10.2 Å². The van der Waals surface area contributed by atoms with E-state index >= 15 is 0 Å². The molecule has 0 saturated carbocycles. The van der Waals surface area contributed by atoms with Gasteiger partial charge in [0, 0.05) is 45.1 Å². The summed E-state index contributed by atoms with van der Waals surface area (Å²) in [5.41, 5.74) is 4.60. The predicted molar refractivity (Wildman–Crippen MR) is 135 cm³/mol. The number of thiazole rings is 1. The van der Waals surface area contributed by atoms with Crippen LogP contribution in [0, 0.1) is 18.3 Å². The molecule has 1 fully saturated rings. The molecular weight excluding hydrogens is 458 g/mol. The number of hydrogen-bond donors (Lipinski definition) is 0. The molecule has 0 spiro atoms. The lowest BCUT2D eigenvalue weighted by Crippen LogP contribution is -2.43. The molecule has 1 aromatic carbocycles. The average Bonchev–Trinajstić information content (AvgIpc) is 3.31. The number of fused-ring (bicyclic) bond motifs is 1. The Morgan fingerprint density at radius 2 is 1.74 bits per heavy atom. The zero-order valence-corrected chi connectivity index (χ0v) is 20.7. The summed E-state index contributed by atoms with van der Waals surface area (Å²) in [4.78, 5) is 22.6. The molecule has 1 atom stereocenters. The molecule has 3 aromatic heterocycles. The smallest absolute Gasteiger partial charge is 0.316 e. The number of benzene rings is 1. The van der Waals surface area contributed by atoms with E-state index in [0.717, 1.165) is 54.2 Å². The molecule has 0 amide bonds. The molecule has 0 bridgehead atoms. The van der Waals surface area contributed by atoms with E-state index in [0.29, 0.717) is 17.3 Å². The second-order valence-electron chi connectivity index (χ2n) is 8.81. The van der Waals surface area contributed by atoms with E-state index in [1.807, 2.05) is 13.0 Å². The quantitative estimate of drug-likeness (QED) is 0.391. The van der Waals surface area contributed by atoms with Gasteiger partial charge in [-0.25, -0.2) is 9.97 Å². The first-order chi connectivity index (χ1) is 17.1. The fourth-order valence-corrected chi connectivity index (χ4v) is 5.18. The standard InChI is InChI=1S/C26H27N7OS/c1-18-24-23(8-10-28-18)35-25(31-24)21(15-27)22-7-9-29-26(30-22)34-17-20-5-3-19(4-6-20)16-33-13-11-32(2)12-14-33/h3-10,21H,11-14,16-17H2,1-2H3. The first kappa shape index (κ1) is 23.3. The molecule has 1 unspecified atom stereocenters. The molecule has 1 aliphatic heterocycles. The van der Waals surface area contributed by atoms with Gasteiger partial charge >= 0.3 is 6.01 Å². The molecule has 8 nitrogen and oxygen atoms in total. The van der Waals surface area contributed by atoms with Crippen molar-refractivity contribution in [3.8, 4) is 12.1 Å². The van der Waals surface area contributed by atoms with Crippen LogP contribution >= 0.6 is 11.3 Å². The maximum atomic E-state index is 9.88. The van der Waals surface area contributed by atoms with Crippen LogP contribution in [0.5, 0.6) is 6.01 Å². The van der Waals surface area contributed by atoms with Crippen molar-refractivity contribution in [3.05, 3.63) is 76.3 Å². The summed E-state index contributed by atoms with van der Waals surface area (Å²) < 4.78 is 6.88. The molecule has 4 aromatic rings. The minimum Gasteiger partial charge on any atom is -0.459 e. The van der Waals surface area contributed by atoms with Crippen molar-refractivity contribution in [1.82, 2.24) is 29.7 Å². The van der Waals surface area contributed by atoms with Crippen LogP contribution in [0.4, 0.5) is 0 Å². The van der Waals surface area contributed by atoms with Gasteiger partial charge in [0.05, 0.1) is 22.2 Å². The zero-order valence-electron chi connectivity index (χ0n) is 19.9. The number of nitrogens with zero attached hydrogens (tertiary/aromatic N) is 7. The highest BCUT2D eigenvalue weighted by Gasteiger charge is 2.21. The SMILES string of the molecule is Cc1nccc2sc(C(C#N)c3ccnc(OCc4ccc(CN5CCN(C)CC5)cc4)n3)nc12. The van der Waals surface area contributed by atoms with Crippen molar-refractivity contribution in [1.29, 1.82) is 5.26 Å². The highest BCUT2D eigenvalue weighted by molar-refractivity contribution is 7.18. The molecule has 9 heteroatoms. The molecule has 5 rings (SSSR count). The van der Waals surface area contributed by atoms with Gasteiger partial charge in [0.2, 0.25) is 0 Å². The first-order valence-electron chi connectivity index (χ1n) is 11.6. The number of hydrogen-bond acceptors (Lipinski definition) is 9. The highest BCUT2D eigenvalue weighted by atomic mass is 32.1. The summed E-state index contributed by atoms with van der Waals surface area (Å²) in [5, 5.41) is 10.6. The monoisotopic (exact) mass is 485 g/mol. The summed E-state index contributed by atoms with van der Waals surface area (Å²) >= 11 is 1.49. The highest BCUT2D eigenvalue weighted by Crippen LogP contribution is 2.31. The van der Waals surface area contributed by atoms with Crippen molar-refractivity contribution in [2.75, 3.05) is 33.2 Å². The third-order valence-electron chi connectivity index (χ3n) is 6.23. The topological polar surface area (TPSA) is 91.1 Å². The third kappa shape index (κ3) is 5.46. The van der Waals surface area contributed by atoms with Gasteiger partial charge in [-0.3, -0.25) is 9.88 Å². The number of aromatic nitrogens is 4. The molecule has 178 valence electrons. The lowest BCUT2D eigenvalue weighted by atomic mass is 10.1. The van der Waals surface area contributed by atoms with Gasteiger partial charge in [-0.15, -0.1) is 11.3 Å². The molecule has 4 heterocycles. The van der Waals surface area contributed by atoms with Gasteiger partial charge in [-0.05, 0) is 37.2 Å². The molecule has 0 N–H and O–H groups in total. The van der Waals surface area contributed by atoms with Gasteiger partial charge in [-0.1, -0.05) is 24.3 Å². The van der Waals surface area contributed by atoms with Gasteiger partial charge in [0.1, 0.15) is 23.0 Å². The minimum atomic E-state index is -0.592. The second kappa shape index (κ2) is 10.4. The number of nitriles is 1. The third-order valence-corrected chi connectivity index (χ3v) is 7.31. The van der Waals surface area contributed by atoms with Crippen LogP contribution in [-0.4, -0.2) is 63.0 Å². The number of aryl methyl sites for hydroxylation is 1. The summed E-state index contributed by atoms with van der Waals surface area (Å²) in [6, 6.07) is 14.7. The summed E-state index contributed by atoms with van der Waals surface area (Å²) in [6.07, 6.45) is 3.39. The molecule has 1 saturated heterocycles. The predicted octanol–water partition coefficient (Wildman–Crippen LogP) is 3.77. The van der Waals surface area contributed by atoms with Crippen LogP contribution in [0.1, 0.15) is 33.4 Å². The minimum absolute atomic E-state index is 0.253. The maximum absolute atomic E-state index is 9.88. The Morgan fingerprint density at radius 3 is 2.49 bits per heavy atom. The lowest BCUT2D eigenvalue weighted by molar-refractivity contribution is 0.148. The number of pyridine rings is 1. The number of piperazine rings is 1. The average molecular weight is 486 g/mol. The van der Waals surface area contributed by atoms with Gasteiger partial charge in [0.25, 0.3) is 0 Å². The van der Waals surface area contributed by atoms with E-state index in [1.165, 1.54) is 16.9 Å². The van der Waals surface area contributed by atoms with E-state index in [-0.39, 0.29) is 6.01 Å². The van der Waals surface area contributed by atoms with Crippen LogP contribution in [0.3, 0.4) is 0 Å². The number of likely N-dealkylation sites (N-methyl/N-ethyl adjacent to an activating group) is 1. The maximum Gasteiger partial charge on any atom is 0.316 e. The Labute approximate surface area is 208 Å². The molecule has 0 aliphatic carbocycles. The summed E-state index contributed by atoms with van der Waals surface area (Å²) in [7, 11) is 2.17. The van der Waals surface area contributed by atoms with Crippen molar-refractivity contribution in [2.24, 2.45) is 0 Å². The van der Waals surface area contributed by atoms with E-state index in [2.05, 4.69) is 67.1 Å². The number of ether oxygens (including phenoxy) is 1. The van der Waals surface area contributed by atoms with Crippen molar-refractivity contribution in [3.63, 3.8) is 0 Å². The summed E-state index contributed by atoms with van der Waals surface area (Å²) in [6.45, 7) is 7.70. The summed E-state index contributed by atoms with van der Waals surface area (Å²) in [5.74, 6) is -0.592. The van der Waals surface area contributed by atoms with E-state index in [4.69, 9.17) is 4.74 Å². The fourth-order valence-electron chi connectivity index (χ4n) is 4.11. The van der Waals surface area contributed by atoms with Crippen molar-refractivity contribution >= 4 is 21.6 Å². The normalized spacial score (nSPS) is 15.7. The van der Waals surface area contributed by atoms with Crippen LogP contribution in [0.15, 0.2) is 48.8 Å². The lowest BCUT2D eigenvalue weighted by Gasteiger charge is -2.32. The second-order valence-corrected chi connectivity index (χ2v) is 9.87. The van der Waals surface area contributed by atoms with Gasteiger partial charge in [-0.2, -0.15) is 10.2 Å². The van der Waals surface area contributed by atoms with E-state index < -0.39 is 5.92 Å². The Morgan fingerprint density at radius 1 is 1.00 bits per heavy atom. The largest absolute Gasteiger partial charge is 0.459 e. The van der Waals surface area contributed by atoms with Crippen molar-refractivity contribution in [2.45, 2.75) is 26.0 Å². The Kier molecular flexibility index (Phi) is 6.95. The Hall–Kier alpha value is -3.45. The Bertz CT molecular complexity index is 1340. The molecule has 1 aliphatic rings. The van der Waals surface area contributed by atoms with Crippen LogP contribution in [0.2, 0.25) is 0 Å². The molecule has 0 radical (unpaired) electrons. The van der Waals surface area contributed by atoms with Crippen molar-refractivity contribution < 1.29 is 4.74 Å². The zero-order chi connectivity index (χ0) is 24.2. The van der Waals surface area contributed by atoms with E-state index in [9.17, 15) is 5.26 Å². The van der Waals surface area contributed by atoms with E-state index in [1.54, 1.807) is 18.5 Å². The van der Waals surface area contributed by atoms with Crippen LogP contribution < -0.4 is 4.74 Å². The molecular formula is C26H27N7OS. The van der Waals surface area contributed by atoms with Gasteiger partial charge < -0.3 is 9.64 Å². The fraction of sp³-hybridized carbons (Fsp3) is 0.346. The first-order valence-corrected chi connectivity index (χ1v) is 12.5. The van der Waals surface area contributed by atoms with Gasteiger partial charge in [0.15, 0.2) is 0 Å². The number of rotatable bonds is 7. The Balaban J connectivity index is 1.23. The van der Waals surface area contributed by atoms with Crippen LogP contribution in [-0.2, 0) is 13.2 Å².